The predicted octanol–water partition coefficient (Wildman–Crippen LogP) is 8.51. The zero-order valence-corrected chi connectivity index (χ0v) is 31.6. The number of para-hydroxylation sites is 4. The molecule has 8 heteroatoms. The van der Waals surface area contributed by atoms with E-state index in [9.17, 15) is 0 Å². The molecule has 0 amide bonds. The zero-order valence-electron chi connectivity index (χ0n) is 31.6. The van der Waals surface area contributed by atoms with Gasteiger partial charge in [0.2, 0.25) is 0 Å². The van der Waals surface area contributed by atoms with Crippen LogP contribution in [0.1, 0.15) is 37.1 Å². The Kier molecular flexibility index (Phi) is 15.2. The minimum absolute atomic E-state index is 0.127. The van der Waals surface area contributed by atoms with Crippen LogP contribution in [0.5, 0.6) is 23.0 Å². The summed E-state index contributed by atoms with van der Waals surface area (Å²) in [5.41, 5.74) is 2.50. The van der Waals surface area contributed by atoms with Crippen molar-refractivity contribution in [2.45, 2.75) is 38.1 Å². The third-order valence-electron chi connectivity index (χ3n) is 9.81. The third-order valence-corrected chi connectivity index (χ3v) is 9.81. The highest BCUT2D eigenvalue weighted by molar-refractivity contribution is 5.39. The van der Waals surface area contributed by atoms with Gasteiger partial charge in [0, 0.05) is 38.3 Å². The van der Waals surface area contributed by atoms with Gasteiger partial charge in [0.15, 0.2) is 11.5 Å². The summed E-state index contributed by atoms with van der Waals surface area (Å²) >= 11 is 0. The first-order valence-electron chi connectivity index (χ1n) is 19.1. The fourth-order valence-electron chi connectivity index (χ4n) is 6.69. The molecule has 1 aliphatic rings. The summed E-state index contributed by atoms with van der Waals surface area (Å²) in [5, 5.41) is 0. The first kappa shape index (κ1) is 38.9. The van der Waals surface area contributed by atoms with Crippen molar-refractivity contribution in [1.29, 1.82) is 0 Å². The van der Waals surface area contributed by atoms with Crippen molar-refractivity contribution in [2.75, 3.05) is 65.8 Å². The Bertz CT molecular complexity index is 1620. The van der Waals surface area contributed by atoms with E-state index in [0.717, 1.165) is 24.6 Å². The molecule has 8 nitrogen and oxygen atoms in total. The number of fused-ring (bicyclic) bond motifs is 1. The summed E-state index contributed by atoms with van der Waals surface area (Å²) in [6.07, 6.45) is -0.443. The minimum atomic E-state index is -0.222. The van der Waals surface area contributed by atoms with Gasteiger partial charge in [-0.15, -0.1) is 0 Å². The van der Waals surface area contributed by atoms with Crippen LogP contribution < -0.4 is 18.9 Å². The predicted molar refractivity (Wildman–Crippen MR) is 214 cm³/mol. The van der Waals surface area contributed by atoms with E-state index in [-0.39, 0.29) is 24.3 Å². The van der Waals surface area contributed by atoms with Gasteiger partial charge in [0.1, 0.15) is 50.1 Å². The number of ether oxygens (including phenoxy) is 6. The van der Waals surface area contributed by atoms with Crippen molar-refractivity contribution in [3.8, 4) is 23.0 Å². The maximum absolute atomic E-state index is 6.59. The molecule has 5 aromatic carbocycles. The van der Waals surface area contributed by atoms with Crippen LogP contribution in [-0.2, 0) is 9.47 Å². The maximum Gasteiger partial charge on any atom is 0.161 e. The molecule has 0 radical (unpaired) electrons. The highest BCUT2D eigenvalue weighted by Crippen LogP contribution is 2.28. The average Bonchev–Trinajstić information content (AvgIpc) is 3.23. The number of hydrogen-bond donors (Lipinski definition) is 0. The Morgan fingerprint density at radius 2 is 0.833 bits per heavy atom. The van der Waals surface area contributed by atoms with E-state index in [1.807, 2.05) is 84.9 Å². The van der Waals surface area contributed by atoms with E-state index < -0.39 is 0 Å². The molecule has 0 bridgehead atoms. The minimum Gasteiger partial charge on any atom is -0.491 e. The monoisotopic (exact) mass is 730 g/mol. The Labute approximate surface area is 321 Å². The second kappa shape index (κ2) is 21.1. The first-order chi connectivity index (χ1) is 26.6. The van der Waals surface area contributed by atoms with Crippen molar-refractivity contribution in [2.24, 2.45) is 0 Å². The van der Waals surface area contributed by atoms with Gasteiger partial charge in [-0.3, -0.25) is 9.80 Å². The van der Waals surface area contributed by atoms with E-state index >= 15 is 0 Å². The molecule has 0 aliphatic carbocycles. The van der Waals surface area contributed by atoms with E-state index in [1.54, 1.807) is 0 Å². The smallest absolute Gasteiger partial charge is 0.161 e. The molecule has 4 atom stereocenters. The van der Waals surface area contributed by atoms with Gasteiger partial charge >= 0.3 is 0 Å². The average molecular weight is 731 g/mol. The lowest BCUT2D eigenvalue weighted by molar-refractivity contribution is -0.0325. The summed E-state index contributed by atoms with van der Waals surface area (Å²) in [5.74, 6) is 2.98. The molecule has 5 aromatic rings. The molecule has 0 spiro atoms. The van der Waals surface area contributed by atoms with Gasteiger partial charge in [-0.1, -0.05) is 109 Å². The molecule has 0 fully saturated rings. The SMILES string of the molecule is CC(c1ccccc1)N1CCN(C(C)c2ccccc2)C[C@@H](COc2ccccc2)OCCOc2ccccc2OCCO[C@H](COc2ccccc2)C1. The lowest BCUT2D eigenvalue weighted by atomic mass is 10.0. The number of benzene rings is 5. The van der Waals surface area contributed by atoms with Gasteiger partial charge in [0.25, 0.3) is 0 Å². The van der Waals surface area contributed by atoms with Crippen LogP contribution in [0.2, 0.25) is 0 Å². The molecular formula is C46H54N2O6. The van der Waals surface area contributed by atoms with E-state index in [1.165, 1.54) is 11.1 Å². The Morgan fingerprint density at radius 3 is 1.22 bits per heavy atom. The lowest BCUT2D eigenvalue weighted by Crippen LogP contribution is -2.46. The van der Waals surface area contributed by atoms with Crippen molar-refractivity contribution < 1.29 is 28.4 Å². The third kappa shape index (κ3) is 12.1. The molecule has 6 rings (SSSR count). The summed E-state index contributed by atoms with van der Waals surface area (Å²) < 4.78 is 38.2. The van der Waals surface area contributed by atoms with Crippen molar-refractivity contribution in [3.63, 3.8) is 0 Å². The van der Waals surface area contributed by atoms with E-state index in [2.05, 4.69) is 84.3 Å². The quantitative estimate of drug-likeness (QED) is 0.142. The Balaban J connectivity index is 1.30. The molecule has 0 N–H and O–H groups in total. The molecular weight excluding hydrogens is 677 g/mol. The van der Waals surface area contributed by atoms with Crippen LogP contribution in [0.15, 0.2) is 146 Å². The van der Waals surface area contributed by atoms with Crippen LogP contribution in [0.4, 0.5) is 0 Å². The molecule has 0 saturated heterocycles. The lowest BCUT2D eigenvalue weighted by Gasteiger charge is -2.37. The topological polar surface area (TPSA) is 61.9 Å². The molecule has 0 aromatic heterocycles. The number of hydrogen-bond acceptors (Lipinski definition) is 8. The van der Waals surface area contributed by atoms with Crippen molar-refractivity contribution >= 4 is 0 Å². The number of rotatable bonds is 10. The number of nitrogens with zero attached hydrogens (tertiary/aromatic N) is 2. The molecule has 1 aliphatic heterocycles. The second-order valence-corrected chi connectivity index (χ2v) is 13.5. The van der Waals surface area contributed by atoms with E-state index in [4.69, 9.17) is 28.4 Å². The highest BCUT2D eigenvalue weighted by Gasteiger charge is 2.26. The van der Waals surface area contributed by atoms with Gasteiger partial charge in [-0.05, 0) is 61.4 Å². The van der Waals surface area contributed by atoms with Gasteiger partial charge in [-0.2, -0.15) is 0 Å². The molecule has 284 valence electrons. The Hall–Kier alpha value is -4.86. The summed E-state index contributed by atoms with van der Waals surface area (Å²) in [6.45, 7) is 9.79. The summed E-state index contributed by atoms with van der Waals surface area (Å²) in [7, 11) is 0. The highest BCUT2D eigenvalue weighted by atomic mass is 16.6. The second-order valence-electron chi connectivity index (χ2n) is 13.5. The van der Waals surface area contributed by atoms with Gasteiger partial charge < -0.3 is 28.4 Å². The van der Waals surface area contributed by atoms with E-state index in [0.29, 0.717) is 64.2 Å². The molecule has 1 heterocycles. The molecule has 0 saturated carbocycles. The van der Waals surface area contributed by atoms with Crippen LogP contribution in [0, 0.1) is 0 Å². The van der Waals surface area contributed by atoms with Crippen LogP contribution in [0.25, 0.3) is 0 Å². The standard InChI is InChI=1S/C46H54N2O6/c1-37(39-17-7-3-8-18-39)47-27-28-48(38(2)40-19-9-4-10-20-40)34-44(36-54-42-23-13-6-14-24-42)50-30-32-52-46-26-16-15-25-45(46)51-31-29-49-43(33-47)35-53-41-21-11-5-12-22-41/h3-26,37-38,43-44H,27-36H2,1-2H3/t37?,38?,43-,44-/m0/s1. The van der Waals surface area contributed by atoms with Crippen LogP contribution in [-0.4, -0.2) is 87.8 Å². The fraction of sp³-hybridized carbons (Fsp3) is 0.348. The maximum atomic E-state index is 6.59. The molecule has 54 heavy (non-hydrogen) atoms. The molecule has 2 unspecified atom stereocenters. The first-order valence-corrected chi connectivity index (χ1v) is 19.1. The summed E-state index contributed by atoms with van der Waals surface area (Å²) in [4.78, 5) is 5.03. The van der Waals surface area contributed by atoms with Gasteiger partial charge in [0.05, 0.1) is 13.2 Å². The van der Waals surface area contributed by atoms with Crippen molar-refractivity contribution in [1.82, 2.24) is 9.80 Å². The summed E-state index contributed by atoms with van der Waals surface area (Å²) in [6, 6.07) is 49.2. The largest absolute Gasteiger partial charge is 0.491 e. The Morgan fingerprint density at radius 1 is 0.481 bits per heavy atom. The fourth-order valence-corrected chi connectivity index (χ4v) is 6.69. The van der Waals surface area contributed by atoms with Gasteiger partial charge in [-0.25, -0.2) is 0 Å². The zero-order chi connectivity index (χ0) is 37.2. The van der Waals surface area contributed by atoms with Crippen molar-refractivity contribution in [3.05, 3.63) is 157 Å². The van der Waals surface area contributed by atoms with Crippen LogP contribution in [0.3, 0.4) is 0 Å². The van der Waals surface area contributed by atoms with Crippen LogP contribution >= 0.6 is 0 Å². The normalized spacial score (nSPS) is 19.4.